The molecule has 0 aliphatic carbocycles. The van der Waals surface area contributed by atoms with Gasteiger partial charge in [0, 0.05) is 19.5 Å². The first kappa shape index (κ1) is 17.1. The zero-order valence-electron chi connectivity index (χ0n) is 14.4. The molecule has 7 nitrogen and oxygen atoms in total. The normalized spacial score (nSPS) is 19.9. The topological polar surface area (TPSA) is 86.8 Å². The van der Waals surface area contributed by atoms with Crippen molar-refractivity contribution < 1.29 is 19.2 Å². The minimum absolute atomic E-state index is 0.119. The second-order valence-electron chi connectivity index (χ2n) is 6.23. The summed E-state index contributed by atoms with van der Waals surface area (Å²) < 4.78 is 0. The fourth-order valence-corrected chi connectivity index (χ4v) is 3.48. The van der Waals surface area contributed by atoms with E-state index in [2.05, 4.69) is 17.1 Å². The molecule has 132 valence electrons. The van der Waals surface area contributed by atoms with E-state index in [0.29, 0.717) is 17.7 Å². The third kappa shape index (κ3) is 2.79. The Morgan fingerprint density at radius 3 is 2.56 bits per heavy atom. The van der Waals surface area contributed by atoms with Crippen molar-refractivity contribution in [1.29, 1.82) is 0 Å². The van der Waals surface area contributed by atoms with Gasteiger partial charge in [-0.05, 0) is 31.9 Å². The van der Waals surface area contributed by atoms with Gasteiger partial charge in [-0.1, -0.05) is 13.0 Å². The van der Waals surface area contributed by atoms with E-state index in [1.165, 1.54) is 0 Å². The number of hydrogen-bond donors (Lipinski definition) is 1. The smallest absolute Gasteiger partial charge is 0.264 e. The van der Waals surface area contributed by atoms with Crippen molar-refractivity contribution in [1.82, 2.24) is 10.2 Å². The number of amides is 4. The Hall–Kier alpha value is -2.70. The second kappa shape index (κ2) is 6.66. The second-order valence-corrected chi connectivity index (χ2v) is 6.23. The fourth-order valence-electron chi connectivity index (χ4n) is 3.48. The molecule has 4 amide bonds. The number of carbonyl (C=O) groups excluding carboxylic acids is 4. The van der Waals surface area contributed by atoms with Gasteiger partial charge in [-0.15, -0.1) is 0 Å². The SMILES string of the molecule is CCCN(CC)c1cccc2c1C(=O)N(C1CCC(=O)NC1=O)C2=O. The quantitative estimate of drug-likeness (QED) is 0.815. The van der Waals surface area contributed by atoms with Crippen LogP contribution in [0.5, 0.6) is 0 Å². The van der Waals surface area contributed by atoms with Crippen LogP contribution < -0.4 is 10.2 Å². The van der Waals surface area contributed by atoms with Gasteiger partial charge in [0.05, 0.1) is 16.8 Å². The van der Waals surface area contributed by atoms with Crippen LogP contribution in [0, 0.1) is 0 Å². The van der Waals surface area contributed by atoms with Crippen molar-refractivity contribution in [3.05, 3.63) is 29.3 Å². The summed E-state index contributed by atoms with van der Waals surface area (Å²) in [7, 11) is 0. The van der Waals surface area contributed by atoms with Crippen LogP contribution in [-0.4, -0.2) is 47.7 Å². The van der Waals surface area contributed by atoms with Crippen LogP contribution >= 0.6 is 0 Å². The maximum absolute atomic E-state index is 13.0. The van der Waals surface area contributed by atoms with Crippen LogP contribution in [-0.2, 0) is 9.59 Å². The van der Waals surface area contributed by atoms with Crippen LogP contribution in [0.2, 0.25) is 0 Å². The highest BCUT2D eigenvalue weighted by molar-refractivity contribution is 6.25. The summed E-state index contributed by atoms with van der Waals surface area (Å²) >= 11 is 0. The summed E-state index contributed by atoms with van der Waals surface area (Å²) in [5.74, 6) is -1.89. The summed E-state index contributed by atoms with van der Waals surface area (Å²) in [6.07, 6.45) is 1.20. The van der Waals surface area contributed by atoms with E-state index in [1.807, 2.05) is 13.0 Å². The molecule has 1 aromatic carbocycles. The van der Waals surface area contributed by atoms with Crippen molar-refractivity contribution in [2.24, 2.45) is 0 Å². The molecular formula is C18H21N3O4. The first-order chi connectivity index (χ1) is 12.0. The first-order valence-electron chi connectivity index (χ1n) is 8.59. The summed E-state index contributed by atoms with van der Waals surface area (Å²) in [6.45, 7) is 5.53. The Balaban J connectivity index is 1.99. The Morgan fingerprint density at radius 1 is 1.16 bits per heavy atom. The Labute approximate surface area is 146 Å². The number of fused-ring (bicyclic) bond motifs is 1. The highest BCUT2D eigenvalue weighted by atomic mass is 16.2. The van der Waals surface area contributed by atoms with E-state index in [1.54, 1.807) is 12.1 Å². The van der Waals surface area contributed by atoms with Crippen molar-refractivity contribution >= 4 is 29.3 Å². The van der Waals surface area contributed by atoms with Gasteiger partial charge in [0.1, 0.15) is 6.04 Å². The summed E-state index contributed by atoms with van der Waals surface area (Å²) in [5.41, 5.74) is 1.39. The molecule has 1 saturated heterocycles. The van der Waals surface area contributed by atoms with E-state index >= 15 is 0 Å². The average Bonchev–Trinajstić information content (AvgIpc) is 2.85. The van der Waals surface area contributed by atoms with Gasteiger partial charge in [-0.25, -0.2) is 0 Å². The lowest BCUT2D eigenvalue weighted by Gasteiger charge is -2.28. The van der Waals surface area contributed by atoms with E-state index in [-0.39, 0.29) is 18.7 Å². The zero-order valence-corrected chi connectivity index (χ0v) is 14.4. The molecule has 2 aliphatic heterocycles. The van der Waals surface area contributed by atoms with Crippen molar-refractivity contribution in [3.63, 3.8) is 0 Å². The number of imide groups is 2. The number of piperidine rings is 1. The molecule has 2 aliphatic rings. The third-order valence-electron chi connectivity index (χ3n) is 4.66. The lowest BCUT2D eigenvalue weighted by atomic mass is 10.0. The molecule has 7 heteroatoms. The Morgan fingerprint density at radius 2 is 1.92 bits per heavy atom. The number of hydrogen-bond acceptors (Lipinski definition) is 5. The molecule has 0 bridgehead atoms. The maximum Gasteiger partial charge on any atom is 0.264 e. The molecule has 1 fully saturated rings. The standard InChI is InChI=1S/C18H21N3O4/c1-3-10-20(4-2)12-7-5-6-11-15(12)18(25)21(17(11)24)13-8-9-14(22)19-16(13)23/h5-7,13H,3-4,8-10H2,1-2H3,(H,19,22,23). The predicted molar refractivity (Wildman–Crippen MR) is 91.3 cm³/mol. The van der Waals surface area contributed by atoms with Crippen LogP contribution in [0.4, 0.5) is 5.69 Å². The van der Waals surface area contributed by atoms with E-state index < -0.39 is 23.8 Å². The fraction of sp³-hybridized carbons (Fsp3) is 0.444. The molecule has 2 heterocycles. The first-order valence-corrected chi connectivity index (χ1v) is 8.59. The minimum atomic E-state index is -0.931. The summed E-state index contributed by atoms with van der Waals surface area (Å²) in [4.78, 5) is 52.3. The van der Waals surface area contributed by atoms with Crippen molar-refractivity contribution in [3.8, 4) is 0 Å². The molecule has 25 heavy (non-hydrogen) atoms. The molecule has 3 rings (SSSR count). The van der Waals surface area contributed by atoms with Gasteiger partial charge in [0.25, 0.3) is 11.8 Å². The predicted octanol–water partition coefficient (Wildman–Crippen LogP) is 1.32. The number of nitrogens with one attached hydrogen (secondary N) is 1. The van der Waals surface area contributed by atoms with E-state index in [4.69, 9.17) is 0 Å². The van der Waals surface area contributed by atoms with Crippen LogP contribution in [0.3, 0.4) is 0 Å². The molecular weight excluding hydrogens is 322 g/mol. The molecule has 1 atom stereocenters. The molecule has 1 N–H and O–H groups in total. The van der Waals surface area contributed by atoms with Gasteiger partial charge >= 0.3 is 0 Å². The monoisotopic (exact) mass is 343 g/mol. The van der Waals surface area contributed by atoms with Gasteiger partial charge in [0.15, 0.2) is 0 Å². The van der Waals surface area contributed by atoms with Gasteiger partial charge in [-0.2, -0.15) is 0 Å². The van der Waals surface area contributed by atoms with E-state index in [9.17, 15) is 19.2 Å². The maximum atomic E-state index is 13.0. The number of nitrogens with zero attached hydrogens (tertiary/aromatic N) is 2. The third-order valence-corrected chi connectivity index (χ3v) is 4.66. The average molecular weight is 343 g/mol. The van der Waals surface area contributed by atoms with Crippen molar-refractivity contribution in [2.45, 2.75) is 39.2 Å². The molecule has 0 spiro atoms. The molecule has 0 aromatic heterocycles. The van der Waals surface area contributed by atoms with Crippen molar-refractivity contribution in [2.75, 3.05) is 18.0 Å². The van der Waals surface area contributed by atoms with Crippen LogP contribution in [0.1, 0.15) is 53.8 Å². The number of anilines is 1. The Bertz CT molecular complexity index is 759. The lowest BCUT2D eigenvalue weighted by molar-refractivity contribution is -0.136. The molecule has 1 unspecified atom stereocenters. The lowest BCUT2D eigenvalue weighted by Crippen LogP contribution is -2.54. The highest BCUT2D eigenvalue weighted by Crippen LogP contribution is 2.34. The van der Waals surface area contributed by atoms with E-state index in [0.717, 1.165) is 23.6 Å². The van der Waals surface area contributed by atoms with Crippen LogP contribution in [0.15, 0.2) is 18.2 Å². The number of benzene rings is 1. The van der Waals surface area contributed by atoms with Crippen LogP contribution in [0.25, 0.3) is 0 Å². The van der Waals surface area contributed by atoms with Gasteiger partial charge in [0.2, 0.25) is 11.8 Å². The van der Waals surface area contributed by atoms with Gasteiger partial charge in [-0.3, -0.25) is 29.4 Å². The zero-order chi connectivity index (χ0) is 18.1. The molecule has 0 saturated carbocycles. The number of carbonyl (C=O) groups is 4. The van der Waals surface area contributed by atoms with Gasteiger partial charge < -0.3 is 4.90 Å². The number of rotatable bonds is 5. The summed E-state index contributed by atoms with van der Waals surface area (Å²) in [6, 6.07) is 4.27. The summed E-state index contributed by atoms with van der Waals surface area (Å²) in [5, 5.41) is 2.21. The molecule has 0 radical (unpaired) electrons. The highest BCUT2D eigenvalue weighted by Gasteiger charge is 2.45. The molecule has 1 aromatic rings. The Kier molecular flexibility index (Phi) is 4.57. The largest absolute Gasteiger partial charge is 0.371 e. The minimum Gasteiger partial charge on any atom is -0.371 e.